The van der Waals surface area contributed by atoms with E-state index in [1.807, 2.05) is 12.1 Å². The van der Waals surface area contributed by atoms with Crippen LogP contribution in [0.4, 0.5) is 4.39 Å². The maximum atomic E-state index is 14.5. The summed E-state index contributed by atoms with van der Waals surface area (Å²) in [7, 11) is 0. The van der Waals surface area contributed by atoms with Gasteiger partial charge in [0.05, 0.1) is 5.56 Å². The molecule has 2 aromatic carbocycles. The zero-order chi connectivity index (χ0) is 16.7. The highest BCUT2D eigenvalue weighted by Gasteiger charge is 2.08. The van der Waals surface area contributed by atoms with E-state index in [2.05, 4.69) is 50.8 Å². The molecule has 0 fully saturated rings. The summed E-state index contributed by atoms with van der Waals surface area (Å²) < 4.78 is 14.5. The molecule has 23 heavy (non-hydrogen) atoms. The van der Waals surface area contributed by atoms with Crippen molar-refractivity contribution in [1.29, 1.82) is 0 Å². The van der Waals surface area contributed by atoms with E-state index < -0.39 is 0 Å². The molecule has 0 spiro atoms. The molecule has 2 aromatic rings. The van der Waals surface area contributed by atoms with Crippen molar-refractivity contribution in [2.75, 3.05) is 0 Å². The minimum absolute atomic E-state index is 0.186. The van der Waals surface area contributed by atoms with Gasteiger partial charge in [-0.2, -0.15) is 0 Å². The summed E-state index contributed by atoms with van der Waals surface area (Å²) >= 11 is 0. The van der Waals surface area contributed by atoms with Crippen LogP contribution in [0.3, 0.4) is 0 Å². The molecule has 0 nitrogen and oxygen atoms in total. The summed E-state index contributed by atoms with van der Waals surface area (Å²) in [4.78, 5) is 0. The van der Waals surface area contributed by atoms with Crippen molar-refractivity contribution in [1.82, 2.24) is 0 Å². The molecule has 0 bridgehead atoms. The average molecular weight is 308 g/mol. The van der Waals surface area contributed by atoms with Crippen LogP contribution in [0.2, 0.25) is 0 Å². The van der Waals surface area contributed by atoms with Gasteiger partial charge in [-0.3, -0.25) is 0 Å². The van der Waals surface area contributed by atoms with Gasteiger partial charge in [0.15, 0.2) is 0 Å². The normalized spacial score (nSPS) is 10.3. The van der Waals surface area contributed by atoms with Gasteiger partial charge in [-0.1, -0.05) is 57.2 Å². The number of benzene rings is 2. The lowest BCUT2D eigenvalue weighted by atomic mass is 9.98. The summed E-state index contributed by atoms with van der Waals surface area (Å²) in [5, 5.41) is 0. The molecule has 0 radical (unpaired) electrons. The second kappa shape index (κ2) is 8.53. The van der Waals surface area contributed by atoms with Crippen LogP contribution in [0, 0.1) is 17.7 Å². The van der Waals surface area contributed by atoms with Crippen molar-refractivity contribution in [3.8, 4) is 11.8 Å². The lowest BCUT2D eigenvalue weighted by Gasteiger charge is -2.08. The Morgan fingerprint density at radius 2 is 1.74 bits per heavy atom. The first-order valence-corrected chi connectivity index (χ1v) is 8.60. The van der Waals surface area contributed by atoms with Crippen LogP contribution < -0.4 is 0 Å². The van der Waals surface area contributed by atoms with Crippen molar-refractivity contribution in [3.63, 3.8) is 0 Å². The van der Waals surface area contributed by atoms with Crippen LogP contribution in [-0.4, -0.2) is 0 Å². The SMILES string of the molecule is CCCCc1cc(F)c(C#Cc2cccc(CC)c2)c(CC)c1. The molecule has 0 aliphatic carbocycles. The standard InChI is InChI=1S/C22H25F/c1-4-7-9-19-15-20(6-3)21(22(23)16-19)13-12-18-11-8-10-17(5-2)14-18/h8,10-11,14-16H,4-7,9H2,1-3H3. The monoisotopic (exact) mass is 308 g/mol. The number of hydrogen-bond acceptors (Lipinski definition) is 0. The van der Waals surface area contributed by atoms with Gasteiger partial charge in [0.2, 0.25) is 0 Å². The molecule has 0 saturated carbocycles. The van der Waals surface area contributed by atoms with Crippen molar-refractivity contribution in [3.05, 3.63) is 70.0 Å². The van der Waals surface area contributed by atoms with Crippen molar-refractivity contribution < 1.29 is 4.39 Å². The Labute approximate surface area is 139 Å². The van der Waals surface area contributed by atoms with Crippen LogP contribution in [-0.2, 0) is 19.3 Å². The smallest absolute Gasteiger partial charge is 0.139 e. The minimum atomic E-state index is -0.186. The predicted molar refractivity (Wildman–Crippen MR) is 96.2 cm³/mol. The Kier molecular flexibility index (Phi) is 6.41. The van der Waals surface area contributed by atoms with E-state index in [0.29, 0.717) is 5.56 Å². The topological polar surface area (TPSA) is 0 Å². The van der Waals surface area contributed by atoms with Gasteiger partial charge in [-0.05, 0) is 60.6 Å². The predicted octanol–water partition coefficient (Wildman–Crippen LogP) is 5.69. The lowest BCUT2D eigenvalue weighted by molar-refractivity contribution is 0.618. The Morgan fingerprint density at radius 1 is 0.913 bits per heavy atom. The summed E-state index contributed by atoms with van der Waals surface area (Å²) in [5.41, 5.74) is 4.84. The van der Waals surface area contributed by atoms with E-state index in [-0.39, 0.29) is 5.82 Å². The number of unbranched alkanes of at least 4 members (excludes halogenated alkanes) is 1. The fourth-order valence-electron chi connectivity index (χ4n) is 2.67. The van der Waals surface area contributed by atoms with Crippen LogP contribution in [0.15, 0.2) is 36.4 Å². The summed E-state index contributed by atoms with van der Waals surface area (Å²) in [5.74, 6) is 6.00. The molecule has 0 aromatic heterocycles. The molecule has 0 aliphatic rings. The van der Waals surface area contributed by atoms with E-state index >= 15 is 0 Å². The zero-order valence-electron chi connectivity index (χ0n) is 14.4. The Bertz CT molecular complexity index is 716. The molecule has 2 rings (SSSR count). The van der Waals surface area contributed by atoms with Gasteiger partial charge in [-0.15, -0.1) is 0 Å². The Morgan fingerprint density at radius 3 is 2.43 bits per heavy atom. The van der Waals surface area contributed by atoms with E-state index in [1.54, 1.807) is 6.07 Å². The second-order valence-electron chi connectivity index (χ2n) is 5.87. The van der Waals surface area contributed by atoms with Gasteiger partial charge in [-0.25, -0.2) is 4.39 Å². The van der Waals surface area contributed by atoms with E-state index in [9.17, 15) is 4.39 Å². The average Bonchev–Trinajstić information content (AvgIpc) is 2.58. The van der Waals surface area contributed by atoms with Crippen LogP contribution in [0.25, 0.3) is 0 Å². The van der Waals surface area contributed by atoms with Gasteiger partial charge in [0, 0.05) is 5.56 Å². The number of rotatable bonds is 5. The largest absolute Gasteiger partial charge is 0.206 e. The van der Waals surface area contributed by atoms with Crippen molar-refractivity contribution in [2.45, 2.75) is 52.9 Å². The maximum absolute atomic E-state index is 14.5. The molecular formula is C22H25F. The highest BCUT2D eigenvalue weighted by atomic mass is 19.1. The Balaban J connectivity index is 2.34. The highest BCUT2D eigenvalue weighted by molar-refractivity contribution is 5.49. The van der Waals surface area contributed by atoms with Crippen molar-refractivity contribution >= 4 is 0 Å². The third-order valence-corrected chi connectivity index (χ3v) is 4.10. The number of halogens is 1. The van der Waals surface area contributed by atoms with Crippen LogP contribution >= 0.6 is 0 Å². The fourth-order valence-corrected chi connectivity index (χ4v) is 2.67. The number of hydrogen-bond donors (Lipinski definition) is 0. The first-order chi connectivity index (χ1) is 11.2. The minimum Gasteiger partial charge on any atom is -0.206 e. The molecule has 0 unspecified atom stereocenters. The van der Waals surface area contributed by atoms with Gasteiger partial charge < -0.3 is 0 Å². The second-order valence-corrected chi connectivity index (χ2v) is 5.87. The molecule has 0 heterocycles. The molecule has 120 valence electrons. The number of aryl methyl sites for hydroxylation is 3. The van der Waals surface area contributed by atoms with E-state index in [0.717, 1.165) is 48.8 Å². The van der Waals surface area contributed by atoms with Crippen LogP contribution in [0.1, 0.15) is 61.4 Å². The molecule has 0 saturated heterocycles. The van der Waals surface area contributed by atoms with E-state index in [1.165, 1.54) is 5.56 Å². The van der Waals surface area contributed by atoms with E-state index in [4.69, 9.17) is 0 Å². The first-order valence-electron chi connectivity index (χ1n) is 8.60. The molecule has 0 atom stereocenters. The molecule has 1 heteroatoms. The molecular weight excluding hydrogens is 283 g/mol. The summed E-state index contributed by atoms with van der Waals surface area (Å²) in [6.07, 6.45) is 4.94. The molecule has 0 N–H and O–H groups in total. The quantitative estimate of drug-likeness (QED) is 0.622. The summed E-state index contributed by atoms with van der Waals surface area (Å²) in [6.45, 7) is 6.33. The van der Waals surface area contributed by atoms with Gasteiger partial charge in [0.1, 0.15) is 5.82 Å². The highest BCUT2D eigenvalue weighted by Crippen LogP contribution is 2.18. The first kappa shape index (κ1) is 17.3. The zero-order valence-corrected chi connectivity index (χ0v) is 14.4. The third kappa shape index (κ3) is 4.70. The molecule has 0 aliphatic heterocycles. The van der Waals surface area contributed by atoms with Crippen molar-refractivity contribution in [2.24, 2.45) is 0 Å². The molecule has 0 amide bonds. The maximum Gasteiger partial charge on any atom is 0.139 e. The van der Waals surface area contributed by atoms with Gasteiger partial charge in [0.25, 0.3) is 0 Å². The van der Waals surface area contributed by atoms with Gasteiger partial charge >= 0.3 is 0 Å². The fraction of sp³-hybridized carbons (Fsp3) is 0.364. The summed E-state index contributed by atoms with van der Waals surface area (Å²) in [6, 6.07) is 11.9. The third-order valence-electron chi connectivity index (χ3n) is 4.10. The van der Waals surface area contributed by atoms with Crippen LogP contribution in [0.5, 0.6) is 0 Å². The Hall–Kier alpha value is -2.07. The lowest BCUT2D eigenvalue weighted by Crippen LogP contribution is -1.97.